The molecule has 2 atom stereocenters. The van der Waals surface area contributed by atoms with Gasteiger partial charge in [-0.05, 0) is 37.7 Å². The zero-order chi connectivity index (χ0) is 12.5. The molecule has 0 amide bonds. The predicted molar refractivity (Wildman–Crippen MR) is 70.0 cm³/mol. The Hall–Kier alpha value is -1.51. The fourth-order valence-corrected chi connectivity index (χ4v) is 3.44. The number of hydrogen-bond acceptors (Lipinski definition) is 2. The summed E-state index contributed by atoms with van der Waals surface area (Å²) in [5.41, 5.74) is 2.65. The van der Waals surface area contributed by atoms with Gasteiger partial charge in [-0.15, -0.1) is 0 Å². The molecule has 18 heavy (non-hydrogen) atoms. The van der Waals surface area contributed by atoms with Crippen LogP contribution >= 0.6 is 0 Å². The second kappa shape index (κ2) is 4.63. The van der Waals surface area contributed by atoms with E-state index in [1.165, 1.54) is 11.3 Å². The van der Waals surface area contributed by atoms with E-state index >= 15 is 0 Å². The van der Waals surface area contributed by atoms with E-state index in [-0.39, 0.29) is 6.04 Å². The second-order valence-electron chi connectivity index (χ2n) is 5.33. The molecule has 1 aliphatic carbocycles. The van der Waals surface area contributed by atoms with Crippen molar-refractivity contribution in [3.63, 3.8) is 0 Å². The number of hydrogen-bond donors (Lipinski definition) is 1. The normalized spacial score (nSPS) is 30.8. The number of aliphatic carboxylic acids is 1. The highest BCUT2D eigenvalue weighted by atomic mass is 16.4. The van der Waals surface area contributed by atoms with Crippen molar-refractivity contribution in [2.24, 2.45) is 5.92 Å². The zero-order valence-corrected chi connectivity index (χ0v) is 10.5. The Kier molecular flexibility index (Phi) is 2.98. The van der Waals surface area contributed by atoms with Crippen LogP contribution < -0.4 is 0 Å². The molecule has 1 fully saturated rings. The van der Waals surface area contributed by atoms with Gasteiger partial charge in [-0.3, -0.25) is 0 Å². The molecule has 1 N–H and O–H groups in total. The predicted octanol–water partition coefficient (Wildman–Crippen LogP) is 2.72. The van der Waals surface area contributed by atoms with Crippen molar-refractivity contribution >= 4 is 5.97 Å². The standard InChI is InChI=1S/C15H19NO2/c17-15(18)14-9-3-8-13-12-7-2-1-5-11(12)6-4-10-16(13)14/h1-2,5,7,11,14H,3-4,6,8-10H2,(H,17,18). The van der Waals surface area contributed by atoms with Crippen molar-refractivity contribution in [1.82, 2.24) is 4.90 Å². The van der Waals surface area contributed by atoms with Gasteiger partial charge in [0.25, 0.3) is 0 Å². The Bertz CT molecular complexity index is 447. The number of carboxylic acids is 1. The average Bonchev–Trinajstić information content (AvgIpc) is 2.57. The van der Waals surface area contributed by atoms with Gasteiger partial charge in [0.05, 0.1) is 0 Å². The van der Waals surface area contributed by atoms with E-state index in [9.17, 15) is 9.90 Å². The van der Waals surface area contributed by atoms with Crippen LogP contribution in [0.2, 0.25) is 0 Å². The summed E-state index contributed by atoms with van der Waals surface area (Å²) >= 11 is 0. The lowest BCUT2D eigenvalue weighted by Gasteiger charge is -2.37. The molecule has 3 aliphatic rings. The third-order valence-electron chi connectivity index (χ3n) is 4.28. The van der Waals surface area contributed by atoms with Gasteiger partial charge < -0.3 is 10.0 Å². The lowest BCUT2D eigenvalue weighted by atomic mass is 9.87. The van der Waals surface area contributed by atoms with Crippen LogP contribution in [0.4, 0.5) is 0 Å². The van der Waals surface area contributed by atoms with Crippen molar-refractivity contribution in [3.8, 4) is 0 Å². The van der Waals surface area contributed by atoms with E-state index in [4.69, 9.17) is 0 Å². The fraction of sp³-hybridized carbons (Fsp3) is 0.533. The highest BCUT2D eigenvalue weighted by Gasteiger charge is 2.34. The molecule has 0 aromatic carbocycles. The van der Waals surface area contributed by atoms with E-state index in [2.05, 4.69) is 29.2 Å². The fourth-order valence-electron chi connectivity index (χ4n) is 3.44. The molecule has 0 saturated carbocycles. The number of piperidine rings is 1. The Morgan fingerprint density at radius 2 is 2.17 bits per heavy atom. The Morgan fingerprint density at radius 1 is 1.28 bits per heavy atom. The molecule has 0 aromatic heterocycles. The highest BCUT2D eigenvalue weighted by Crippen LogP contribution is 2.37. The minimum Gasteiger partial charge on any atom is -0.480 e. The number of carbonyl (C=O) groups is 1. The van der Waals surface area contributed by atoms with E-state index in [0.717, 1.165) is 38.6 Å². The molecular weight excluding hydrogens is 226 g/mol. The summed E-state index contributed by atoms with van der Waals surface area (Å²) < 4.78 is 0. The van der Waals surface area contributed by atoms with Gasteiger partial charge in [-0.2, -0.15) is 0 Å². The van der Waals surface area contributed by atoms with Crippen LogP contribution in [0.1, 0.15) is 32.1 Å². The number of fused-ring (bicyclic) bond motifs is 2. The van der Waals surface area contributed by atoms with E-state index in [1.807, 2.05) is 0 Å². The SMILES string of the molecule is O=C(O)C1CCCC2=C3C=CC=CC3CCCN21. The first-order valence-electron chi connectivity index (χ1n) is 6.85. The maximum absolute atomic E-state index is 11.4. The Morgan fingerprint density at radius 3 is 3.00 bits per heavy atom. The monoisotopic (exact) mass is 245 g/mol. The number of allylic oxidation sites excluding steroid dienone is 6. The Balaban J connectivity index is 2.00. The molecule has 0 spiro atoms. The average molecular weight is 245 g/mol. The summed E-state index contributed by atoms with van der Waals surface area (Å²) in [6, 6.07) is -0.306. The molecule has 3 nitrogen and oxygen atoms in total. The van der Waals surface area contributed by atoms with Gasteiger partial charge >= 0.3 is 5.97 Å². The minimum atomic E-state index is -0.665. The summed E-state index contributed by atoms with van der Waals surface area (Å²) in [4.78, 5) is 13.5. The quantitative estimate of drug-likeness (QED) is 0.772. The lowest BCUT2D eigenvalue weighted by molar-refractivity contribution is -0.143. The smallest absolute Gasteiger partial charge is 0.326 e. The molecule has 0 bridgehead atoms. The largest absolute Gasteiger partial charge is 0.480 e. The van der Waals surface area contributed by atoms with Crippen molar-refractivity contribution < 1.29 is 9.90 Å². The summed E-state index contributed by atoms with van der Waals surface area (Å²) in [6.07, 6.45) is 13.7. The van der Waals surface area contributed by atoms with E-state index in [1.54, 1.807) is 0 Å². The van der Waals surface area contributed by atoms with Gasteiger partial charge in [-0.25, -0.2) is 4.79 Å². The first kappa shape index (κ1) is 11.6. The molecule has 2 heterocycles. The summed E-state index contributed by atoms with van der Waals surface area (Å²) in [7, 11) is 0. The van der Waals surface area contributed by atoms with Crippen LogP contribution in [-0.2, 0) is 4.79 Å². The van der Waals surface area contributed by atoms with Crippen LogP contribution in [0.5, 0.6) is 0 Å². The first-order chi connectivity index (χ1) is 8.77. The molecule has 2 aliphatic heterocycles. The van der Waals surface area contributed by atoms with Crippen LogP contribution in [0, 0.1) is 5.92 Å². The topological polar surface area (TPSA) is 40.5 Å². The molecular formula is C15H19NO2. The molecule has 0 radical (unpaired) electrons. The van der Waals surface area contributed by atoms with Crippen LogP contribution in [0.25, 0.3) is 0 Å². The summed E-state index contributed by atoms with van der Waals surface area (Å²) in [6.45, 7) is 0.897. The molecule has 0 aromatic rings. The summed E-state index contributed by atoms with van der Waals surface area (Å²) in [5, 5.41) is 9.37. The Labute approximate surface area is 107 Å². The van der Waals surface area contributed by atoms with Crippen molar-refractivity contribution in [3.05, 3.63) is 35.6 Å². The van der Waals surface area contributed by atoms with Crippen molar-refractivity contribution in [2.45, 2.75) is 38.1 Å². The van der Waals surface area contributed by atoms with E-state index < -0.39 is 5.97 Å². The number of carboxylic acid groups (broad SMARTS) is 1. The molecule has 3 heteroatoms. The second-order valence-corrected chi connectivity index (χ2v) is 5.33. The lowest BCUT2D eigenvalue weighted by Crippen LogP contribution is -2.43. The highest BCUT2D eigenvalue weighted by molar-refractivity contribution is 5.74. The maximum Gasteiger partial charge on any atom is 0.326 e. The molecule has 96 valence electrons. The number of nitrogens with zero attached hydrogens (tertiary/aromatic N) is 1. The molecule has 2 unspecified atom stereocenters. The molecule has 1 saturated heterocycles. The van der Waals surface area contributed by atoms with Crippen LogP contribution in [-0.4, -0.2) is 28.6 Å². The minimum absolute atomic E-state index is 0.306. The van der Waals surface area contributed by atoms with Gasteiger partial charge in [0, 0.05) is 18.2 Å². The van der Waals surface area contributed by atoms with Crippen LogP contribution in [0.15, 0.2) is 35.6 Å². The van der Waals surface area contributed by atoms with Gasteiger partial charge in [0.1, 0.15) is 6.04 Å². The molecule has 3 rings (SSSR count). The van der Waals surface area contributed by atoms with Crippen LogP contribution in [0.3, 0.4) is 0 Å². The van der Waals surface area contributed by atoms with E-state index in [0.29, 0.717) is 5.92 Å². The van der Waals surface area contributed by atoms with Crippen molar-refractivity contribution in [2.75, 3.05) is 6.54 Å². The summed E-state index contributed by atoms with van der Waals surface area (Å²) in [5.74, 6) is -0.163. The maximum atomic E-state index is 11.4. The zero-order valence-electron chi connectivity index (χ0n) is 10.5. The van der Waals surface area contributed by atoms with Crippen molar-refractivity contribution in [1.29, 1.82) is 0 Å². The van der Waals surface area contributed by atoms with Gasteiger partial charge in [-0.1, -0.05) is 24.3 Å². The third-order valence-corrected chi connectivity index (χ3v) is 4.28. The van der Waals surface area contributed by atoms with Gasteiger partial charge in [0.15, 0.2) is 0 Å². The third kappa shape index (κ3) is 1.88. The van der Waals surface area contributed by atoms with Gasteiger partial charge in [0.2, 0.25) is 0 Å². The first-order valence-corrected chi connectivity index (χ1v) is 6.85. The number of rotatable bonds is 1.